The summed E-state index contributed by atoms with van der Waals surface area (Å²) >= 11 is 0. The second kappa shape index (κ2) is 11.4. The van der Waals surface area contributed by atoms with Gasteiger partial charge in [-0.1, -0.05) is 140 Å². The van der Waals surface area contributed by atoms with Crippen molar-refractivity contribution >= 4 is 0 Å². The van der Waals surface area contributed by atoms with Gasteiger partial charge in [-0.15, -0.1) is 0 Å². The fourth-order valence-corrected chi connectivity index (χ4v) is 8.55. The molecule has 0 spiro atoms. The van der Waals surface area contributed by atoms with Crippen LogP contribution >= 0.6 is 0 Å². The molecule has 5 nitrogen and oxygen atoms in total. The molecule has 234 valence electrons. The topological polar surface area (TPSA) is 64.5 Å². The predicted octanol–water partition coefficient (Wildman–Crippen LogP) is 10.0. The third-order valence-corrected chi connectivity index (χ3v) is 11.1. The molecule has 10 rings (SSSR count). The second-order valence-corrected chi connectivity index (χ2v) is 13.7. The summed E-state index contributed by atoms with van der Waals surface area (Å²) in [5.41, 5.74) is 9.21. The van der Waals surface area contributed by atoms with Crippen LogP contribution in [0.15, 0.2) is 146 Å². The Kier molecular flexibility index (Phi) is 6.57. The molecule has 5 aromatic carbocycles. The highest BCUT2D eigenvalue weighted by molar-refractivity contribution is 5.74. The van der Waals surface area contributed by atoms with Gasteiger partial charge in [-0.05, 0) is 54.1 Å². The maximum Gasteiger partial charge on any atom is 0.164 e. The Labute approximate surface area is 285 Å². The molecule has 3 fully saturated rings. The van der Waals surface area contributed by atoms with Crippen molar-refractivity contribution in [3.8, 4) is 68.1 Å². The normalized spacial score (nSPS) is 21.5. The molecule has 0 N–H and O–H groups in total. The second-order valence-electron chi connectivity index (χ2n) is 13.7. The zero-order valence-electron chi connectivity index (χ0n) is 26.9. The highest BCUT2D eigenvalue weighted by Crippen LogP contribution is 2.75. The molecular weight excluding hydrogens is 599 g/mol. The lowest BCUT2D eigenvalue weighted by atomic mass is 9.31. The Balaban J connectivity index is 1.01. The highest BCUT2D eigenvalue weighted by atomic mass is 15.0. The van der Waals surface area contributed by atoms with E-state index in [0.717, 1.165) is 80.2 Å². The van der Waals surface area contributed by atoms with Crippen molar-refractivity contribution in [2.45, 2.75) is 18.8 Å². The van der Waals surface area contributed by atoms with E-state index in [9.17, 15) is 0 Å². The van der Waals surface area contributed by atoms with Crippen LogP contribution in [0.5, 0.6) is 0 Å². The largest absolute Gasteiger partial charge is 0.228 e. The molecule has 49 heavy (non-hydrogen) atoms. The van der Waals surface area contributed by atoms with Gasteiger partial charge in [-0.25, -0.2) is 24.9 Å². The van der Waals surface area contributed by atoms with Crippen molar-refractivity contribution in [3.63, 3.8) is 0 Å². The molecule has 5 heteroatoms. The number of benzene rings is 5. The van der Waals surface area contributed by atoms with E-state index in [-0.39, 0.29) is 0 Å². The summed E-state index contributed by atoms with van der Waals surface area (Å²) in [5, 5.41) is 0. The summed E-state index contributed by atoms with van der Waals surface area (Å²) in [6.45, 7) is 0. The lowest BCUT2D eigenvalue weighted by molar-refractivity contribution is -0.214. The van der Waals surface area contributed by atoms with Crippen LogP contribution in [0.3, 0.4) is 0 Å². The van der Waals surface area contributed by atoms with Crippen LogP contribution < -0.4 is 0 Å². The maximum atomic E-state index is 5.13. The molecule has 2 atom stereocenters. The number of hydrogen-bond donors (Lipinski definition) is 0. The van der Waals surface area contributed by atoms with Crippen molar-refractivity contribution in [1.29, 1.82) is 0 Å². The van der Waals surface area contributed by atoms with Gasteiger partial charge in [0, 0.05) is 33.4 Å². The minimum atomic E-state index is 0.629. The van der Waals surface area contributed by atoms with Crippen LogP contribution in [0.2, 0.25) is 0 Å². The van der Waals surface area contributed by atoms with E-state index in [0.29, 0.717) is 17.5 Å². The van der Waals surface area contributed by atoms with Gasteiger partial charge in [0.2, 0.25) is 0 Å². The first-order valence-corrected chi connectivity index (χ1v) is 17.3. The van der Waals surface area contributed by atoms with E-state index in [1.165, 1.54) is 18.4 Å². The lowest BCUT2D eigenvalue weighted by Crippen LogP contribution is -2.65. The van der Waals surface area contributed by atoms with Gasteiger partial charge in [-0.2, -0.15) is 0 Å². The van der Waals surface area contributed by atoms with Crippen LogP contribution in [0.25, 0.3) is 68.1 Å². The van der Waals surface area contributed by atoms with Gasteiger partial charge in [0.15, 0.2) is 23.3 Å². The van der Waals surface area contributed by atoms with Crippen LogP contribution in [0.1, 0.15) is 24.3 Å². The molecule has 2 heterocycles. The molecule has 3 aliphatic rings. The molecule has 3 aliphatic carbocycles. The molecule has 0 saturated heterocycles. The fourth-order valence-electron chi connectivity index (χ4n) is 8.55. The molecule has 0 bridgehead atoms. The predicted molar refractivity (Wildman–Crippen MR) is 194 cm³/mol. The number of hydrogen-bond acceptors (Lipinski definition) is 5. The molecule has 0 radical (unpaired) electrons. The number of aromatic nitrogens is 5. The van der Waals surface area contributed by atoms with Crippen LogP contribution in [0, 0.1) is 23.7 Å². The van der Waals surface area contributed by atoms with Crippen LogP contribution in [-0.2, 0) is 0 Å². The molecule has 3 saturated carbocycles. The van der Waals surface area contributed by atoms with E-state index in [4.69, 9.17) is 24.9 Å². The molecular formula is C44H33N5. The Morgan fingerprint density at radius 3 is 1.18 bits per heavy atom. The number of nitrogens with zero attached hydrogens (tertiary/aromatic N) is 5. The van der Waals surface area contributed by atoms with Gasteiger partial charge in [-0.3, -0.25) is 0 Å². The fraction of sp³-hybridized carbons (Fsp3) is 0.159. The minimum Gasteiger partial charge on any atom is -0.228 e. The summed E-state index contributed by atoms with van der Waals surface area (Å²) in [6, 6.07) is 50.0. The van der Waals surface area contributed by atoms with Gasteiger partial charge in [0.25, 0.3) is 0 Å². The minimum absolute atomic E-state index is 0.629. The maximum absolute atomic E-state index is 5.13. The Morgan fingerprint density at radius 2 is 0.735 bits per heavy atom. The Hall–Kier alpha value is -5.81. The van der Waals surface area contributed by atoms with Gasteiger partial charge < -0.3 is 0 Å². The van der Waals surface area contributed by atoms with Crippen molar-refractivity contribution in [2.24, 2.45) is 23.7 Å². The van der Waals surface area contributed by atoms with Gasteiger partial charge in [0.1, 0.15) is 0 Å². The van der Waals surface area contributed by atoms with Crippen molar-refractivity contribution in [1.82, 2.24) is 24.9 Å². The van der Waals surface area contributed by atoms with Gasteiger partial charge >= 0.3 is 0 Å². The highest BCUT2D eigenvalue weighted by Gasteiger charge is 2.67. The summed E-state index contributed by atoms with van der Waals surface area (Å²) < 4.78 is 0. The van der Waals surface area contributed by atoms with E-state index >= 15 is 0 Å². The Bertz CT molecular complexity index is 2220. The smallest absolute Gasteiger partial charge is 0.164 e. The van der Waals surface area contributed by atoms with E-state index in [1.807, 2.05) is 66.7 Å². The van der Waals surface area contributed by atoms with Crippen molar-refractivity contribution in [3.05, 3.63) is 151 Å². The quantitative estimate of drug-likeness (QED) is 0.175. The zero-order valence-corrected chi connectivity index (χ0v) is 26.9. The average Bonchev–Trinajstić information content (AvgIpc) is 3.18. The lowest BCUT2D eigenvalue weighted by Gasteiger charge is -2.73. The number of rotatable bonds is 7. The summed E-state index contributed by atoms with van der Waals surface area (Å²) in [5.74, 6) is 7.35. The van der Waals surface area contributed by atoms with Crippen molar-refractivity contribution < 1.29 is 0 Å². The van der Waals surface area contributed by atoms with E-state index < -0.39 is 0 Å². The Morgan fingerprint density at radius 1 is 0.367 bits per heavy atom. The third kappa shape index (κ3) is 4.88. The first-order valence-electron chi connectivity index (χ1n) is 17.3. The first-order chi connectivity index (χ1) is 24.2. The molecule has 0 aliphatic heterocycles. The zero-order chi connectivity index (χ0) is 32.3. The SMILES string of the molecule is c1ccc(-c2cc(-c3ccc(-c4nc(-c5ccccc5)nc(-c5ccccc5)n4)cc3)nc(-c3ccc(C4C5CC6CC4C65)cc3)n2)cc1. The summed E-state index contributed by atoms with van der Waals surface area (Å²) in [6.07, 6.45) is 2.88. The molecule has 2 unspecified atom stereocenters. The summed E-state index contributed by atoms with van der Waals surface area (Å²) in [4.78, 5) is 24.9. The standard InChI is InChI=1S/C44H33N5/c1-4-10-27(11-5-1)37-26-38(46-41(45-37)32-22-18-29(19-23-32)39-35-24-34-25-36(39)40(34)35)28-16-20-33(21-17-28)44-48-42(30-12-6-2-7-13-30)47-43(49-44)31-14-8-3-9-15-31/h1-23,26,34-36,39-40H,24-25H2. The first kappa shape index (κ1) is 28.2. The van der Waals surface area contributed by atoms with E-state index in [2.05, 4.69) is 78.9 Å². The molecule has 2 aromatic heterocycles. The van der Waals surface area contributed by atoms with Crippen LogP contribution in [-0.4, -0.2) is 24.9 Å². The summed E-state index contributed by atoms with van der Waals surface area (Å²) in [7, 11) is 0. The average molecular weight is 632 g/mol. The third-order valence-electron chi connectivity index (χ3n) is 11.1. The van der Waals surface area contributed by atoms with Gasteiger partial charge in [0.05, 0.1) is 11.4 Å². The molecule has 0 amide bonds. The molecule has 7 aromatic rings. The van der Waals surface area contributed by atoms with Crippen LogP contribution in [0.4, 0.5) is 0 Å². The van der Waals surface area contributed by atoms with Crippen molar-refractivity contribution in [2.75, 3.05) is 0 Å². The monoisotopic (exact) mass is 631 g/mol. The van der Waals surface area contributed by atoms with E-state index in [1.54, 1.807) is 0 Å².